The maximum absolute atomic E-state index is 12.4. The first kappa shape index (κ1) is 13.1. The molecule has 1 aliphatic heterocycles. The lowest BCUT2D eigenvalue weighted by molar-refractivity contribution is 0.0651. The number of nitrogens with one attached hydrogen (secondary N) is 1. The quantitative estimate of drug-likeness (QED) is 0.885. The molecule has 0 aromatic carbocycles. The number of likely N-dealkylation sites (tertiary alicyclic amines) is 1. The number of aryl methyl sites for hydroxylation is 1. The monoisotopic (exact) mass is 249 g/mol. The molecule has 100 valence electrons. The van der Waals surface area contributed by atoms with Crippen LogP contribution in [0, 0.1) is 0 Å². The van der Waals surface area contributed by atoms with Gasteiger partial charge in [-0.05, 0) is 45.9 Å². The molecule has 1 aliphatic rings. The first-order chi connectivity index (χ1) is 8.59. The minimum Gasteiger partial charge on any atom is -0.344 e. The van der Waals surface area contributed by atoms with Gasteiger partial charge in [0, 0.05) is 31.4 Å². The van der Waals surface area contributed by atoms with Crippen LogP contribution in [0.15, 0.2) is 18.3 Å². The van der Waals surface area contributed by atoms with E-state index in [1.165, 1.54) is 0 Å². The Hall–Kier alpha value is -1.29. The number of carbonyl (C=O) groups excluding carboxylic acids is 1. The minimum absolute atomic E-state index is 0.167. The van der Waals surface area contributed by atoms with Crippen molar-refractivity contribution in [3.05, 3.63) is 24.0 Å². The Labute approximate surface area is 109 Å². The Kier molecular flexibility index (Phi) is 3.76. The second kappa shape index (κ2) is 5.14. The van der Waals surface area contributed by atoms with E-state index in [2.05, 4.69) is 19.2 Å². The number of piperidine rings is 1. The predicted octanol–water partition coefficient (Wildman–Crippen LogP) is 1.72. The summed E-state index contributed by atoms with van der Waals surface area (Å²) in [6.45, 7) is 6.81. The number of hydrogen-bond acceptors (Lipinski definition) is 2. The van der Waals surface area contributed by atoms with Crippen LogP contribution in [-0.4, -0.2) is 41.1 Å². The average molecular weight is 249 g/mol. The number of carbonyl (C=O) groups is 1. The highest BCUT2D eigenvalue weighted by atomic mass is 16.2. The number of amides is 1. The molecule has 1 aromatic heterocycles. The fourth-order valence-electron chi connectivity index (χ4n) is 2.50. The molecule has 1 N–H and O–H groups in total. The summed E-state index contributed by atoms with van der Waals surface area (Å²) in [4.78, 5) is 14.4. The lowest BCUT2D eigenvalue weighted by Crippen LogP contribution is -2.51. The highest BCUT2D eigenvalue weighted by Crippen LogP contribution is 2.22. The second-order valence-corrected chi connectivity index (χ2v) is 5.28. The van der Waals surface area contributed by atoms with Crippen LogP contribution in [-0.2, 0) is 6.54 Å². The Balaban J connectivity index is 2.04. The Morgan fingerprint density at radius 3 is 2.67 bits per heavy atom. The van der Waals surface area contributed by atoms with Gasteiger partial charge in [-0.2, -0.15) is 0 Å². The second-order valence-electron chi connectivity index (χ2n) is 5.28. The van der Waals surface area contributed by atoms with Crippen molar-refractivity contribution in [2.75, 3.05) is 20.1 Å². The summed E-state index contributed by atoms with van der Waals surface area (Å²) < 4.78 is 2.01. The maximum Gasteiger partial charge on any atom is 0.270 e. The van der Waals surface area contributed by atoms with E-state index in [1.807, 2.05) is 34.8 Å². The Bertz CT molecular complexity index is 416. The van der Waals surface area contributed by atoms with Gasteiger partial charge in [0.2, 0.25) is 0 Å². The minimum atomic E-state index is 0.167. The van der Waals surface area contributed by atoms with Crippen molar-refractivity contribution in [1.82, 2.24) is 14.8 Å². The van der Waals surface area contributed by atoms with Crippen LogP contribution < -0.4 is 5.32 Å². The van der Waals surface area contributed by atoms with Gasteiger partial charge >= 0.3 is 0 Å². The molecular formula is C14H23N3O. The normalized spacial score (nSPS) is 18.9. The molecule has 2 heterocycles. The van der Waals surface area contributed by atoms with Crippen LogP contribution in [0.25, 0.3) is 0 Å². The Morgan fingerprint density at radius 2 is 2.11 bits per heavy atom. The van der Waals surface area contributed by atoms with Crippen LogP contribution in [0.2, 0.25) is 0 Å². The van der Waals surface area contributed by atoms with Crippen molar-refractivity contribution in [2.24, 2.45) is 0 Å². The van der Waals surface area contributed by atoms with Crippen LogP contribution in [0.4, 0.5) is 0 Å². The summed E-state index contributed by atoms with van der Waals surface area (Å²) in [6.07, 6.45) is 4.00. The molecule has 4 nitrogen and oxygen atoms in total. The van der Waals surface area contributed by atoms with Crippen LogP contribution in [0.3, 0.4) is 0 Å². The van der Waals surface area contributed by atoms with Crippen LogP contribution >= 0.6 is 0 Å². The molecule has 0 saturated carbocycles. The van der Waals surface area contributed by atoms with Gasteiger partial charge in [-0.25, -0.2) is 0 Å². The Morgan fingerprint density at radius 1 is 1.44 bits per heavy atom. The van der Waals surface area contributed by atoms with Crippen molar-refractivity contribution in [2.45, 2.75) is 38.8 Å². The fraction of sp³-hybridized carbons (Fsp3) is 0.643. The molecule has 2 rings (SSSR count). The molecule has 4 heteroatoms. The van der Waals surface area contributed by atoms with Crippen LogP contribution in [0.1, 0.15) is 37.2 Å². The van der Waals surface area contributed by atoms with Crippen molar-refractivity contribution in [3.63, 3.8) is 0 Å². The molecule has 0 spiro atoms. The molecule has 0 atom stereocenters. The lowest BCUT2D eigenvalue weighted by Gasteiger charge is -2.39. The van der Waals surface area contributed by atoms with E-state index in [1.54, 1.807) is 0 Å². The van der Waals surface area contributed by atoms with E-state index in [4.69, 9.17) is 0 Å². The molecule has 1 saturated heterocycles. The molecule has 0 radical (unpaired) electrons. The number of aromatic nitrogens is 1. The third kappa shape index (κ3) is 2.43. The summed E-state index contributed by atoms with van der Waals surface area (Å²) in [5.41, 5.74) is 0.995. The molecular weight excluding hydrogens is 226 g/mol. The van der Waals surface area contributed by atoms with Gasteiger partial charge in [-0.1, -0.05) is 0 Å². The molecule has 0 unspecified atom stereocenters. The molecule has 18 heavy (non-hydrogen) atoms. The highest BCUT2D eigenvalue weighted by Gasteiger charge is 2.31. The first-order valence-corrected chi connectivity index (χ1v) is 6.73. The highest BCUT2D eigenvalue weighted by molar-refractivity contribution is 5.92. The zero-order chi connectivity index (χ0) is 13.2. The van der Waals surface area contributed by atoms with E-state index in [0.29, 0.717) is 0 Å². The average Bonchev–Trinajstić information content (AvgIpc) is 2.87. The molecule has 0 aliphatic carbocycles. The third-order valence-electron chi connectivity index (χ3n) is 4.15. The zero-order valence-corrected chi connectivity index (χ0v) is 11.6. The van der Waals surface area contributed by atoms with Gasteiger partial charge in [0.1, 0.15) is 5.69 Å². The van der Waals surface area contributed by atoms with Gasteiger partial charge in [0.15, 0.2) is 0 Å². The van der Waals surface area contributed by atoms with Gasteiger partial charge in [0.05, 0.1) is 0 Å². The topological polar surface area (TPSA) is 37.3 Å². The van der Waals surface area contributed by atoms with E-state index >= 15 is 0 Å². The summed E-state index contributed by atoms with van der Waals surface area (Å²) in [7, 11) is 2.00. The number of rotatable bonds is 3. The third-order valence-corrected chi connectivity index (χ3v) is 4.15. The fourth-order valence-corrected chi connectivity index (χ4v) is 2.50. The van der Waals surface area contributed by atoms with E-state index in [0.717, 1.165) is 38.2 Å². The van der Waals surface area contributed by atoms with Crippen LogP contribution in [0.5, 0.6) is 0 Å². The number of hydrogen-bond donors (Lipinski definition) is 1. The summed E-state index contributed by atoms with van der Waals surface area (Å²) in [5.74, 6) is 0.167. The van der Waals surface area contributed by atoms with Crippen molar-refractivity contribution >= 4 is 5.91 Å². The van der Waals surface area contributed by atoms with Crippen molar-refractivity contribution < 1.29 is 4.79 Å². The molecule has 1 fully saturated rings. The molecule has 1 amide bonds. The van der Waals surface area contributed by atoms with E-state index in [9.17, 15) is 4.79 Å². The maximum atomic E-state index is 12.4. The number of nitrogens with zero attached hydrogens (tertiary/aromatic N) is 2. The van der Waals surface area contributed by atoms with E-state index in [-0.39, 0.29) is 11.4 Å². The predicted molar refractivity (Wildman–Crippen MR) is 72.7 cm³/mol. The van der Waals surface area contributed by atoms with Gasteiger partial charge in [-0.15, -0.1) is 0 Å². The smallest absolute Gasteiger partial charge is 0.270 e. The standard InChI is InChI=1S/C14H23N3O/c1-4-16-9-5-6-12(16)13(18)17-10-7-14(2,15-3)8-11-17/h5-6,9,15H,4,7-8,10-11H2,1-3H3. The van der Waals surface area contributed by atoms with E-state index < -0.39 is 0 Å². The first-order valence-electron chi connectivity index (χ1n) is 6.73. The molecule has 1 aromatic rings. The SMILES string of the molecule is CCn1cccc1C(=O)N1CCC(C)(NC)CC1. The van der Waals surface area contributed by atoms with Gasteiger partial charge in [0.25, 0.3) is 5.91 Å². The van der Waals surface area contributed by atoms with Crippen molar-refractivity contribution in [3.8, 4) is 0 Å². The zero-order valence-electron chi connectivity index (χ0n) is 11.6. The van der Waals surface area contributed by atoms with Gasteiger partial charge in [-0.3, -0.25) is 4.79 Å². The summed E-state index contributed by atoms with van der Waals surface area (Å²) in [5, 5.41) is 3.35. The molecule has 0 bridgehead atoms. The largest absolute Gasteiger partial charge is 0.344 e. The lowest BCUT2D eigenvalue weighted by atomic mass is 9.90. The van der Waals surface area contributed by atoms with Gasteiger partial charge < -0.3 is 14.8 Å². The summed E-state index contributed by atoms with van der Waals surface area (Å²) >= 11 is 0. The van der Waals surface area contributed by atoms with Crippen molar-refractivity contribution in [1.29, 1.82) is 0 Å². The summed E-state index contributed by atoms with van der Waals surface area (Å²) in [6, 6.07) is 3.86.